The fourth-order valence-electron chi connectivity index (χ4n) is 2.68. The molecule has 1 amide bonds. The molecule has 0 fully saturated rings. The van der Waals surface area contributed by atoms with Crippen LogP contribution in [0.2, 0.25) is 5.02 Å². The molecule has 3 rings (SSSR count). The number of carbonyl (C=O) groups excluding carboxylic acids is 2. The Balaban J connectivity index is 1.71. The molecular weight excluding hydrogens is 408 g/mol. The van der Waals surface area contributed by atoms with Gasteiger partial charge in [-0.3, -0.25) is 4.79 Å². The topological polar surface area (TPSA) is 95.3 Å². The van der Waals surface area contributed by atoms with E-state index in [1.54, 1.807) is 26.0 Å². The molecule has 0 aliphatic carbocycles. The number of nitrogens with one attached hydrogen (secondary N) is 1. The first-order chi connectivity index (χ1) is 14.3. The number of anilines is 1. The number of nitrogens with zero attached hydrogens (tertiary/aromatic N) is 3. The number of esters is 1. The molecular formula is C21H21ClN4O4. The van der Waals surface area contributed by atoms with Crippen LogP contribution in [0.1, 0.15) is 28.7 Å². The summed E-state index contributed by atoms with van der Waals surface area (Å²) in [5, 5.41) is 11.6. The van der Waals surface area contributed by atoms with E-state index in [1.165, 1.54) is 18.8 Å². The molecule has 0 aliphatic heterocycles. The van der Waals surface area contributed by atoms with Crippen molar-refractivity contribution in [2.45, 2.75) is 26.9 Å². The number of hydrogen-bond donors (Lipinski definition) is 1. The first-order valence-electron chi connectivity index (χ1n) is 9.15. The molecule has 3 aromatic rings. The summed E-state index contributed by atoms with van der Waals surface area (Å²) in [5.74, 6) is -0.854. The Kier molecular flexibility index (Phi) is 6.37. The number of halogens is 1. The molecule has 9 heteroatoms. The van der Waals surface area contributed by atoms with E-state index in [9.17, 15) is 9.59 Å². The zero-order chi connectivity index (χ0) is 21.8. The number of amides is 1. The normalized spacial score (nSPS) is 11.6. The van der Waals surface area contributed by atoms with Gasteiger partial charge in [0.25, 0.3) is 5.91 Å². The van der Waals surface area contributed by atoms with Crippen molar-refractivity contribution in [1.29, 1.82) is 0 Å². The molecule has 0 radical (unpaired) electrons. The van der Waals surface area contributed by atoms with Crippen molar-refractivity contribution in [3.8, 4) is 11.4 Å². The second kappa shape index (κ2) is 8.96. The van der Waals surface area contributed by atoms with Gasteiger partial charge in [-0.25, -0.2) is 4.79 Å². The fraction of sp³-hybridized carbons (Fsp3) is 0.238. The number of rotatable bonds is 6. The highest BCUT2D eigenvalue weighted by Crippen LogP contribution is 2.31. The summed E-state index contributed by atoms with van der Waals surface area (Å²) >= 11 is 6.08. The van der Waals surface area contributed by atoms with E-state index < -0.39 is 18.0 Å². The first-order valence-corrected chi connectivity index (χ1v) is 9.53. The van der Waals surface area contributed by atoms with Crippen LogP contribution in [0.5, 0.6) is 5.75 Å². The zero-order valence-electron chi connectivity index (χ0n) is 17.0. The van der Waals surface area contributed by atoms with Gasteiger partial charge in [-0.15, -0.1) is 5.10 Å². The molecule has 0 saturated heterocycles. The summed E-state index contributed by atoms with van der Waals surface area (Å²) in [6.45, 7) is 4.92. The Labute approximate surface area is 178 Å². The summed E-state index contributed by atoms with van der Waals surface area (Å²) in [5.41, 5.74) is 2.34. The third kappa shape index (κ3) is 4.60. The number of carbonyl (C=O) groups is 2. The minimum absolute atomic E-state index is 0.0402. The monoisotopic (exact) mass is 428 g/mol. The van der Waals surface area contributed by atoms with Crippen molar-refractivity contribution in [3.05, 3.63) is 64.4 Å². The van der Waals surface area contributed by atoms with Crippen LogP contribution >= 0.6 is 11.6 Å². The lowest BCUT2D eigenvalue weighted by Crippen LogP contribution is -2.30. The maximum atomic E-state index is 12.5. The summed E-state index contributed by atoms with van der Waals surface area (Å²) in [7, 11) is 1.47. The summed E-state index contributed by atoms with van der Waals surface area (Å²) in [6.07, 6.45) is -1.07. The van der Waals surface area contributed by atoms with Crippen LogP contribution in [0.25, 0.3) is 5.69 Å². The number of methoxy groups -OCH3 is 1. The van der Waals surface area contributed by atoms with Crippen LogP contribution in [0.3, 0.4) is 0 Å². The highest BCUT2D eigenvalue weighted by Gasteiger charge is 2.24. The van der Waals surface area contributed by atoms with Gasteiger partial charge in [-0.05, 0) is 44.5 Å². The lowest BCUT2D eigenvalue weighted by Gasteiger charge is -2.15. The first kappa shape index (κ1) is 21.3. The van der Waals surface area contributed by atoms with Crippen LogP contribution in [-0.4, -0.2) is 40.1 Å². The standard InChI is InChI=1S/C21H21ClN4O4/c1-12-10-17(18(29-4)11-16(12)22)23-20(27)14(3)30-21(28)19-13(2)24-26(25-19)15-8-6-5-7-9-15/h5-11,14H,1-4H3,(H,23,27)/t14-/m0/s1. The van der Waals surface area contributed by atoms with Gasteiger partial charge in [0.15, 0.2) is 11.8 Å². The van der Waals surface area contributed by atoms with Gasteiger partial charge in [0, 0.05) is 11.1 Å². The number of para-hydroxylation sites is 1. The molecule has 156 valence electrons. The maximum absolute atomic E-state index is 12.5. The third-order valence-corrected chi connectivity index (χ3v) is 4.76. The Bertz CT molecular complexity index is 1080. The van der Waals surface area contributed by atoms with Crippen molar-refractivity contribution < 1.29 is 19.1 Å². The van der Waals surface area contributed by atoms with Gasteiger partial charge < -0.3 is 14.8 Å². The lowest BCUT2D eigenvalue weighted by atomic mass is 10.2. The van der Waals surface area contributed by atoms with E-state index in [4.69, 9.17) is 21.1 Å². The highest BCUT2D eigenvalue weighted by atomic mass is 35.5. The van der Waals surface area contributed by atoms with Gasteiger partial charge in [-0.1, -0.05) is 29.8 Å². The molecule has 0 unspecified atom stereocenters. The lowest BCUT2D eigenvalue weighted by molar-refractivity contribution is -0.123. The van der Waals surface area contributed by atoms with Gasteiger partial charge in [0.05, 0.1) is 24.2 Å². The Morgan fingerprint density at radius 2 is 1.83 bits per heavy atom. The molecule has 2 aromatic carbocycles. The molecule has 8 nitrogen and oxygen atoms in total. The summed E-state index contributed by atoms with van der Waals surface area (Å²) in [4.78, 5) is 26.4. The number of aryl methyl sites for hydroxylation is 2. The van der Waals surface area contributed by atoms with Gasteiger partial charge in [-0.2, -0.15) is 9.90 Å². The van der Waals surface area contributed by atoms with E-state index in [-0.39, 0.29) is 5.69 Å². The van der Waals surface area contributed by atoms with Gasteiger partial charge >= 0.3 is 5.97 Å². The molecule has 1 atom stereocenters. The number of benzene rings is 2. The Morgan fingerprint density at radius 1 is 1.13 bits per heavy atom. The van der Waals surface area contributed by atoms with Crippen molar-refractivity contribution in [1.82, 2.24) is 15.0 Å². The second-order valence-corrected chi connectivity index (χ2v) is 7.00. The molecule has 0 spiro atoms. The smallest absolute Gasteiger partial charge is 0.361 e. The number of hydrogen-bond acceptors (Lipinski definition) is 6. The summed E-state index contributed by atoms with van der Waals surface area (Å²) in [6, 6.07) is 12.5. The van der Waals surface area contributed by atoms with Crippen LogP contribution in [0.4, 0.5) is 5.69 Å². The van der Waals surface area contributed by atoms with Gasteiger partial charge in [0.1, 0.15) is 5.75 Å². The van der Waals surface area contributed by atoms with Gasteiger partial charge in [0.2, 0.25) is 0 Å². The van der Waals surface area contributed by atoms with E-state index in [2.05, 4.69) is 15.5 Å². The van der Waals surface area contributed by atoms with E-state index in [0.29, 0.717) is 27.8 Å². The van der Waals surface area contributed by atoms with Crippen molar-refractivity contribution in [2.24, 2.45) is 0 Å². The van der Waals surface area contributed by atoms with Crippen LogP contribution in [-0.2, 0) is 9.53 Å². The van der Waals surface area contributed by atoms with Crippen molar-refractivity contribution in [2.75, 3.05) is 12.4 Å². The summed E-state index contributed by atoms with van der Waals surface area (Å²) < 4.78 is 10.5. The molecule has 30 heavy (non-hydrogen) atoms. The van der Waals surface area contributed by atoms with Crippen molar-refractivity contribution in [3.63, 3.8) is 0 Å². The minimum atomic E-state index is -1.07. The molecule has 1 N–H and O–H groups in total. The van der Waals surface area contributed by atoms with Crippen molar-refractivity contribution >= 4 is 29.2 Å². The van der Waals surface area contributed by atoms with Crippen LogP contribution < -0.4 is 10.1 Å². The molecule has 0 saturated carbocycles. The zero-order valence-corrected chi connectivity index (χ0v) is 17.7. The third-order valence-electron chi connectivity index (χ3n) is 4.35. The van der Waals surface area contributed by atoms with Crippen LogP contribution in [0.15, 0.2) is 42.5 Å². The van der Waals surface area contributed by atoms with E-state index in [0.717, 1.165) is 5.56 Å². The predicted octanol–water partition coefficient (Wildman–Crippen LogP) is 3.73. The maximum Gasteiger partial charge on any atom is 0.361 e. The average molecular weight is 429 g/mol. The van der Waals surface area contributed by atoms with E-state index in [1.807, 2.05) is 30.3 Å². The van der Waals surface area contributed by atoms with Crippen LogP contribution in [0, 0.1) is 13.8 Å². The SMILES string of the molecule is COc1cc(Cl)c(C)cc1NC(=O)[C@H](C)OC(=O)c1nn(-c2ccccc2)nc1C. The number of aromatic nitrogens is 3. The number of ether oxygens (including phenoxy) is 2. The molecule has 1 aromatic heterocycles. The molecule has 0 aliphatic rings. The fourth-order valence-corrected chi connectivity index (χ4v) is 2.83. The Morgan fingerprint density at radius 3 is 2.50 bits per heavy atom. The van der Waals surface area contributed by atoms with E-state index >= 15 is 0 Å². The second-order valence-electron chi connectivity index (χ2n) is 6.60. The predicted molar refractivity (Wildman–Crippen MR) is 112 cm³/mol. The average Bonchev–Trinajstić information content (AvgIpc) is 3.12. The minimum Gasteiger partial charge on any atom is -0.495 e. The quantitative estimate of drug-likeness (QED) is 0.601. The largest absolute Gasteiger partial charge is 0.495 e. The molecule has 0 bridgehead atoms. The molecule has 1 heterocycles. The highest BCUT2D eigenvalue weighted by molar-refractivity contribution is 6.31. The Hall–Kier alpha value is -3.39.